The van der Waals surface area contributed by atoms with Gasteiger partial charge in [0, 0.05) is 26.1 Å². The summed E-state index contributed by atoms with van der Waals surface area (Å²) in [6.07, 6.45) is 0.854. The molecule has 1 fully saturated rings. The van der Waals surface area contributed by atoms with Gasteiger partial charge in [-0.3, -0.25) is 9.59 Å². The summed E-state index contributed by atoms with van der Waals surface area (Å²) in [6.45, 7) is 0.946. The zero-order valence-electron chi connectivity index (χ0n) is 9.39. The van der Waals surface area contributed by atoms with Crippen LogP contribution >= 0.6 is 0 Å². The van der Waals surface area contributed by atoms with Crippen LogP contribution in [0.1, 0.15) is 19.3 Å². The van der Waals surface area contributed by atoms with Crippen molar-refractivity contribution in [3.05, 3.63) is 0 Å². The molecular weight excluding hydrogens is 228 g/mol. The van der Waals surface area contributed by atoms with Gasteiger partial charge in [0.05, 0.1) is 5.92 Å². The van der Waals surface area contributed by atoms with Crippen molar-refractivity contribution in [3.8, 4) is 0 Å². The summed E-state index contributed by atoms with van der Waals surface area (Å²) in [4.78, 5) is 33.9. The van der Waals surface area contributed by atoms with E-state index in [-0.39, 0.29) is 19.0 Å². The largest absolute Gasteiger partial charge is 0.481 e. The molecule has 1 aliphatic heterocycles. The maximum absolute atomic E-state index is 11.5. The number of rotatable bonds is 5. The van der Waals surface area contributed by atoms with Gasteiger partial charge in [0.2, 0.25) is 0 Å². The highest BCUT2D eigenvalue weighted by Gasteiger charge is 2.30. The van der Waals surface area contributed by atoms with Crippen molar-refractivity contribution in [3.63, 3.8) is 0 Å². The van der Waals surface area contributed by atoms with E-state index < -0.39 is 17.9 Å². The van der Waals surface area contributed by atoms with Crippen LogP contribution in [-0.2, 0) is 9.59 Å². The van der Waals surface area contributed by atoms with E-state index in [2.05, 4.69) is 5.32 Å². The maximum Gasteiger partial charge on any atom is 0.317 e. The quantitative estimate of drug-likeness (QED) is 0.588. The Balaban J connectivity index is 2.21. The Labute approximate surface area is 98.4 Å². The molecule has 1 heterocycles. The number of nitrogens with one attached hydrogen (secondary N) is 1. The highest BCUT2D eigenvalue weighted by Crippen LogP contribution is 2.15. The normalized spacial score (nSPS) is 19.1. The summed E-state index contributed by atoms with van der Waals surface area (Å²) in [5.74, 6) is -2.27. The molecule has 1 aliphatic rings. The monoisotopic (exact) mass is 244 g/mol. The number of carbonyl (C=O) groups excluding carboxylic acids is 1. The fraction of sp³-hybridized carbons (Fsp3) is 0.700. The maximum atomic E-state index is 11.5. The van der Waals surface area contributed by atoms with Gasteiger partial charge in [-0.25, -0.2) is 4.79 Å². The number of nitrogens with zero attached hydrogens (tertiary/aromatic N) is 1. The van der Waals surface area contributed by atoms with Crippen molar-refractivity contribution in [2.24, 2.45) is 5.92 Å². The molecule has 7 heteroatoms. The molecule has 1 saturated heterocycles. The first-order chi connectivity index (χ1) is 8.00. The van der Waals surface area contributed by atoms with Crippen LogP contribution in [0.4, 0.5) is 4.79 Å². The first-order valence-corrected chi connectivity index (χ1v) is 5.48. The minimum absolute atomic E-state index is 0.0119. The van der Waals surface area contributed by atoms with Crippen molar-refractivity contribution in [1.29, 1.82) is 0 Å². The van der Waals surface area contributed by atoms with Gasteiger partial charge in [-0.15, -0.1) is 0 Å². The Morgan fingerprint density at radius 1 is 1.29 bits per heavy atom. The van der Waals surface area contributed by atoms with Gasteiger partial charge in [0.15, 0.2) is 0 Å². The van der Waals surface area contributed by atoms with Gasteiger partial charge in [0.1, 0.15) is 0 Å². The lowest BCUT2D eigenvalue weighted by molar-refractivity contribution is -0.141. The number of hydrogen-bond donors (Lipinski definition) is 3. The van der Waals surface area contributed by atoms with E-state index in [1.807, 2.05) is 0 Å². The van der Waals surface area contributed by atoms with E-state index >= 15 is 0 Å². The topological polar surface area (TPSA) is 107 Å². The second-order valence-corrected chi connectivity index (χ2v) is 4.00. The van der Waals surface area contributed by atoms with Crippen LogP contribution < -0.4 is 5.32 Å². The molecule has 0 saturated carbocycles. The predicted molar refractivity (Wildman–Crippen MR) is 57.6 cm³/mol. The Morgan fingerprint density at radius 3 is 2.53 bits per heavy atom. The summed E-state index contributed by atoms with van der Waals surface area (Å²) in [5.41, 5.74) is 0. The smallest absolute Gasteiger partial charge is 0.317 e. The van der Waals surface area contributed by atoms with Crippen LogP contribution in [-0.4, -0.2) is 52.7 Å². The van der Waals surface area contributed by atoms with E-state index in [0.717, 1.165) is 0 Å². The molecule has 7 nitrogen and oxygen atoms in total. The summed E-state index contributed by atoms with van der Waals surface area (Å²) in [5, 5.41) is 19.7. The Kier molecular flexibility index (Phi) is 4.74. The van der Waals surface area contributed by atoms with Crippen LogP contribution in [0.5, 0.6) is 0 Å². The number of urea groups is 1. The molecule has 1 rings (SSSR count). The number of likely N-dealkylation sites (tertiary alicyclic amines) is 1. The van der Waals surface area contributed by atoms with Crippen molar-refractivity contribution in [2.45, 2.75) is 19.3 Å². The molecule has 96 valence electrons. The first-order valence-electron chi connectivity index (χ1n) is 5.48. The van der Waals surface area contributed by atoms with Gasteiger partial charge in [-0.1, -0.05) is 0 Å². The Morgan fingerprint density at radius 2 is 2.00 bits per heavy atom. The fourth-order valence-electron chi connectivity index (χ4n) is 1.69. The lowest BCUT2D eigenvalue weighted by Gasteiger charge is -2.16. The standard InChI is InChI=1S/C10H16N2O5/c13-8(14)2-1-4-11-10(17)12-5-3-7(6-12)9(15)16/h7H,1-6H2,(H,11,17)(H,13,14)(H,15,16). The SMILES string of the molecule is O=C(O)CCCNC(=O)N1CCC(C(=O)O)C1. The first kappa shape index (κ1) is 13.3. The number of aliphatic carboxylic acids is 2. The second kappa shape index (κ2) is 6.07. The van der Waals surface area contributed by atoms with E-state index in [1.54, 1.807) is 0 Å². The molecule has 0 spiro atoms. The summed E-state index contributed by atoms with van der Waals surface area (Å²) >= 11 is 0. The molecule has 0 aromatic carbocycles. The van der Waals surface area contributed by atoms with E-state index in [9.17, 15) is 14.4 Å². The minimum atomic E-state index is -0.897. The molecule has 2 amide bonds. The highest BCUT2D eigenvalue weighted by molar-refractivity contribution is 5.77. The minimum Gasteiger partial charge on any atom is -0.481 e. The zero-order chi connectivity index (χ0) is 12.8. The molecule has 0 bridgehead atoms. The van der Waals surface area contributed by atoms with E-state index in [0.29, 0.717) is 25.9 Å². The van der Waals surface area contributed by atoms with Crippen LogP contribution in [0, 0.1) is 5.92 Å². The van der Waals surface area contributed by atoms with Gasteiger partial charge >= 0.3 is 18.0 Å². The number of hydrogen-bond acceptors (Lipinski definition) is 3. The zero-order valence-corrected chi connectivity index (χ0v) is 9.39. The lowest BCUT2D eigenvalue weighted by atomic mass is 10.1. The molecule has 0 radical (unpaired) electrons. The van der Waals surface area contributed by atoms with Crippen LogP contribution in [0.3, 0.4) is 0 Å². The summed E-state index contributed by atoms with van der Waals surface area (Å²) < 4.78 is 0. The predicted octanol–water partition coefficient (Wildman–Crippen LogP) is -0.0327. The molecule has 3 N–H and O–H groups in total. The number of carboxylic acid groups (broad SMARTS) is 2. The molecule has 0 aliphatic carbocycles. The van der Waals surface area contributed by atoms with Crippen molar-refractivity contribution in [1.82, 2.24) is 10.2 Å². The number of carbonyl (C=O) groups is 3. The molecular formula is C10H16N2O5. The molecule has 1 atom stereocenters. The second-order valence-electron chi connectivity index (χ2n) is 4.00. The summed E-state index contributed by atoms with van der Waals surface area (Å²) in [7, 11) is 0. The van der Waals surface area contributed by atoms with Crippen molar-refractivity contribution in [2.75, 3.05) is 19.6 Å². The fourth-order valence-corrected chi connectivity index (χ4v) is 1.69. The Bertz CT molecular complexity index is 318. The molecule has 0 aromatic heterocycles. The third-order valence-electron chi connectivity index (χ3n) is 2.67. The van der Waals surface area contributed by atoms with Crippen molar-refractivity contribution < 1.29 is 24.6 Å². The van der Waals surface area contributed by atoms with Crippen LogP contribution in [0.25, 0.3) is 0 Å². The average molecular weight is 244 g/mol. The van der Waals surface area contributed by atoms with Gasteiger partial charge in [-0.05, 0) is 12.8 Å². The third-order valence-corrected chi connectivity index (χ3v) is 2.67. The number of amides is 2. The molecule has 17 heavy (non-hydrogen) atoms. The van der Waals surface area contributed by atoms with E-state index in [1.165, 1.54) is 4.90 Å². The van der Waals surface area contributed by atoms with Crippen molar-refractivity contribution >= 4 is 18.0 Å². The Hall–Kier alpha value is -1.79. The third kappa shape index (κ3) is 4.29. The molecule has 1 unspecified atom stereocenters. The highest BCUT2D eigenvalue weighted by atomic mass is 16.4. The summed E-state index contributed by atoms with van der Waals surface area (Å²) in [6, 6.07) is -0.320. The van der Waals surface area contributed by atoms with Gasteiger partial charge in [0.25, 0.3) is 0 Å². The van der Waals surface area contributed by atoms with Crippen LogP contribution in [0.15, 0.2) is 0 Å². The average Bonchev–Trinajstić information content (AvgIpc) is 2.73. The van der Waals surface area contributed by atoms with E-state index in [4.69, 9.17) is 10.2 Å². The van der Waals surface area contributed by atoms with Gasteiger partial charge in [-0.2, -0.15) is 0 Å². The van der Waals surface area contributed by atoms with Gasteiger partial charge < -0.3 is 20.4 Å². The molecule has 0 aromatic rings. The lowest BCUT2D eigenvalue weighted by Crippen LogP contribution is -2.39. The van der Waals surface area contributed by atoms with Crippen LogP contribution in [0.2, 0.25) is 0 Å². The number of carboxylic acids is 2.